The summed E-state index contributed by atoms with van der Waals surface area (Å²) in [6.45, 7) is 2.95. The smallest absolute Gasteiger partial charge is 0.263 e. The summed E-state index contributed by atoms with van der Waals surface area (Å²) >= 11 is 0. The van der Waals surface area contributed by atoms with Gasteiger partial charge in [-0.2, -0.15) is 5.26 Å². The fraction of sp³-hybridized carbons (Fsp3) is 0.333. The van der Waals surface area contributed by atoms with Crippen LogP contribution in [0.5, 0.6) is 0 Å². The van der Waals surface area contributed by atoms with E-state index in [2.05, 4.69) is 10.6 Å². The summed E-state index contributed by atoms with van der Waals surface area (Å²) in [5.74, 6) is -0.403. The second-order valence-electron chi connectivity index (χ2n) is 4.82. The Morgan fingerprint density at radius 2 is 1.96 bits per heavy atom. The largest absolute Gasteiger partial charge is 0.389 e. The molecule has 1 aromatic rings. The minimum absolute atomic E-state index is 0.0167. The minimum atomic E-state index is -3.68. The molecule has 0 aliphatic rings. The number of nitrogens with two attached hydrogens (primary N) is 1. The molecule has 0 aliphatic heterocycles. The third-order valence-electron chi connectivity index (χ3n) is 2.96. The van der Waals surface area contributed by atoms with Gasteiger partial charge in [0.25, 0.3) is 5.91 Å². The quantitative estimate of drug-likeness (QED) is 0.360. The zero-order chi connectivity index (χ0) is 17.3. The van der Waals surface area contributed by atoms with Crippen LogP contribution in [0, 0.1) is 11.3 Å². The lowest BCUT2D eigenvalue weighted by Crippen LogP contribution is -2.26. The van der Waals surface area contributed by atoms with Crippen LogP contribution in [0.25, 0.3) is 0 Å². The van der Waals surface area contributed by atoms with Crippen molar-refractivity contribution in [2.24, 2.45) is 5.14 Å². The van der Waals surface area contributed by atoms with Gasteiger partial charge in [-0.25, -0.2) is 13.6 Å². The highest BCUT2D eigenvalue weighted by molar-refractivity contribution is 7.89. The maximum absolute atomic E-state index is 11.6. The zero-order valence-electron chi connectivity index (χ0n) is 12.9. The summed E-state index contributed by atoms with van der Waals surface area (Å²) in [6.07, 6.45) is 2.78. The zero-order valence-corrected chi connectivity index (χ0v) is 13.7. The summed E-state index contributed by atoms with van der Waals surface area (Å²) in [5, 5.41) is 19.5. The summed E-state index contributed by atoms with van der Waals surface area (Å²) in [4.78, 5) is 11.7. The standard InChI is InChI=1S/C15H20N4O3S/c1-2-8-19-15(20)13(10-16)11-18-9-7-12-3-5-14(6-4-12)23(17,21)22/h3-6,11,18H,2,7-9H2,1H3,(H,19,20)(H2,17,21,22)/b13-11-. The number of nitrogens with zero attached hydrogens (tertiary/aromatic N) is 1. The molecular weight excluding hydrogens is 316 g/mol. The number of rotatable bonds is 8. The van der Waals surface area contributed by atoms with Crippen LogP contribution in [-0.4, -0.2) is 27.4 Å². The van der Waals surface area contributed by atoms with Gasteiger partial charge in [0.05, 0.1) is 4.90 Å². The van der Waals surface area contributed by atoms with Crippen LogP contribution in [0.4, 0.5) is 0 Å². The lowest BCUT2D eigenvalue weighted by Gasteiger charge is -2.05. The molecule has 0 bridgehead atoms. The van der Waals surface area contributed by atoms with E-state index in [-0.39, 0.29) is 10.5 Å². The number of sulfonamides is 1. The Labute approximate surface area is 136 Å². The van der Waals surface area contributed by atoms with Gasteiger partial charge < -0.3 is 10.6 Å². The molecule has 0 saturated heterocycles. The third-order valence-corrected chi connectivity index (χ3v) is 3.89. The number of primary sulfonamides is 1. The third kappa shape index (κ3) is 6.50. The van der Waals surface area contributed by atoms with Crippen molar-refractivity contribution in [2.45, 2.75) is 24.7 Å². The molecule has 0 radical (unpaired) electrons. The normalized spacial score (nSPS) is 11.6. The number of benzene rings is 1. The molecule has 1 rings (SSSR count). The average Bonchev–Trinajstić information content (AvgIpc) is 2.52. The predicted molar refractivity (Wildman–Crippen MR) is 86.5 cm³/mol. The van der Waals surface area contributed by atoms with Crippen molar-refractivity contribution in [1.82, 2.24) is 10.6 Å². The maximum Gasteiger partial charge on any atom is 0.263 e. The fourth-order valence-corrected chi connectivity index (χ4v) is 2.23. The number of amides is 1. The van der Waals surface area contributed by atoms with Crippen LogP contribution in [0.15, 0.2) is 40.9 Å². The number of nitrogens with one attached hydrogen (secondary N) is 2. The number of hydrogen-bond donors (Lipinski definition) is 3. The highest BCUT2D eigenvalue weighted by atomic mass is 32.2. The average molecular weight is 336 g/mol. The molecule has 23 heavy (non-hydrogen) atoms. The first-order valence-electron chi connectivity index (χ1n) is 7.12. The Hall–Kier alpha value is -2.37. The number of hydrogen-bond acceptors (Lipinski definition) is 5. The van der Waals surface area contributed by atoms with E-state index in [9.17, 15) is 13.2 Å². The SMILES string of the molecule is CCCNC(=O)/C(C#N)=C\NCCc1ccc(S(N)(=O)=O)cc1. The molecule has 4 N–H and O–H groups in total. The first kappa shape index (κ1) is 18.7. The van der Waals surface area contributed by atoms with Crippen LogP contribution in [-0.2, 0) is 21.2 Å². The van der Waals surface area contributed by atoms with Crippen molar-refractivity contribution in [3.8, 4) is 6.07 Å². The minimum Gasteiger partial charge on any atom is -0.389 e. The Balaban J connectivity index is 2.51. The maximum atomic E-state index is 11.6. The van der Waals surface area contributed by atoms with Gasteiger partial charge in [0.15, 0.2) is 0 Å². The molecule has 0 spiro atoms. The van der Waals surface area contributed by atoms with E-state index in [0.717, 1.165) is 12.0 Å². The molecule has 0 heterocycles. The topological polar surface area (TPSA) is 125 Å². The van der Waals surface area contributed by atoms with Crippen molar-refractivity contribution in [3.63, 3.8) is 0 Å². The van der Waals surface area contributed by atoms with E-state index < -0.39 is 15.9 Å². The van der Waals surface area contributed by atoms with Gasteiger partial charge in [-0.05, 0) is 30.5 Å². The number of nitriles is 1. The lowest BCUT2D eigenvalue weighted by molar-refractivity contribution is -0.117. The Morgan fingerprint density at radius 1 is 1.30 bits per heavy atom. The van der Waals surface area contributed by atoms with Crippen molar-refractivity contribution in [1.29, 1.82) is 5.26 Å². The van der Waals surface area contributed by atoms with Crippen molar-refractivity contribution in [2.75, 3.05) is 13.1 Å². The highest BCUT2D eigenvalue weighted by Gasteiger charge is 2.08. The van der Waals surface area contributed by atoms with Crippen LogP contribution in [0.2, 0.25) is 0 Å². The lowest BCUT2D eigenvalue weighted by atomic mass is 10.1. The summed E-state index contributed by atoms with van der Waals surface area (Å²) < 4.78 is 22.3. The molecule has 8 heteroatoms. The second-order valence-corrected chi connectivity index (χ2v) is 6.38. The van der Waals surface area contributed by atoms with Gasteiger partial charge in [-0.3, -0.25) is 4.79 Å². The molecule has 0 atom stereocenters. The summed E-state index contributed by atoms with van der Waals surface area (Å²) in [6, 6.07) is 8.07. The molecule has 1 aromatic carbocycles. The molecule has 0 saturated carbocycles. The van der Waals surface area contributed by atoms with E-state index in [1.54, 1.807) is 12.1 Å². The molecule has 124 valence electrons. The molecule has 0 aliphatic carbocycles. The molecule has 7 nitrogen and oxygen atoms in total. The van der Waals surface area contributed by atoms with Crippen LogP contribution in [0.1, 0.15) is 18.9 Å². The van der Waals surface area contributed by atoms with Crippen molar-refractivity contribution < 1.29 is 13.2 Å². The van der Waals surface area contributed by atoms with Gasteiger partial charge in [0, 0.05) is 19.3 Å². The fourth-order valence-electron chi connectivity index (χ4n) is 1.72. The van der Waals surface area contributed by atoms with Crippen LogP contribution < -0.4 is 15.8 Å². The van der Waals surface area contributed by atoms with Crippen LogP contribution >= 0.6 is 0 Å². The Morgan fingerprint density at radius 3 is 2.48 bits per heavy atom. The Kier molecular flexibility index (Phi) is 7.25. The van der Waals surface area contributed by atoms with E-state index in [0.29, 0.717) is 19.5 Å². The molecule has 1 amide bonds. The van der Waals surface area contributed by atoms with E-state index in [1.165, 1.54) is 18.3 Å². The van der Waals surface area contributed by atoms with Gasteiger partial charge in [-0.15, -0.1) is 0 Å². The first-order valence-corrected chi connectivity index (χ1v) is 8.66. The highest BCUT2D eigenvalue weighted by Crippen LogP contribution is 2.08. The van der Waals surface area contributed by atoms with Gasteiger partial charge in [0.2, 0.25) is 10.0 Å². The number of carbonyl (C=O) groups is 1. The monoisotopic (exact) mass is 336 g/mol. The van der Waals surface area contributed by atoms with E-state index in [4.69, 9.17) is 10.4 Å². The summed E-state index contributed by atoms with van der Waals surface area (Å²) in [7, 11) is -3.68. The van der Waals surface area contributed by atoms with Gasteiger partial charge in [-0.1, -0.05) is 19.1 Å². The van der Waals surface area contributed by atoms with Crippen molar-refractivity contribution >= 4 is 15.9 Å². The molecule has 0 unspecified atom stereocenters. The molecular formula is C15H20N4O3S. The predicted octanol–water partition coefficient (Wildman–Crippen LogP) is 0.400. The van der Waals surface area contributed by atoms with Crippen LogP contribution in [0.3, 0.4) is 0 Å². The first-order chi connectivity index (χ1) is 10.9. The van der Waals surface area contributed by atoms with E-state index >= 15 is 0 Å². The van der Waals surface area contributed by atoms with Gasteiger partial charge >= 0.3 is 0 Å². The summed E-state index contributed by atoms with van der Waals surface area (Å²) in [5.41, 5.74) is 0.926. The molecule has 0 aromatic heterocycles. The van der Waals surface area contributed by atoms with Gasteiger partial charge in [0.1, 0.15) is 11.6 Å². The second kappa shape index (κ2) is 8.92. The number of carbonyl (C=O) groups excluding carboxylic acids is 1. The molecule has 0 fully saturated rings. The Bertz CT molecular complexity index is 703. The van der Waals surface area contributed by atoms with E-state index in [1.807, 2.05) is 13.0 Å². The van der Waals surface area contributed by atoms with Crippen molar-refractivity contribution in [3.05, 3.63) is 41.6 Å².